The molecule has 0 radical (unpaired) electrons. The first kappa shape index (κ1) is 12.4. The third-order valence-corrected chi connectivity index (χ3v) is 2.78. The van der Waals surface area contributed by atoms with Gasteiger partial charge in [0.15, 0.2) is 5.82 Å². The smallest absolute Gasteiger partial charge is 0.154 e. The fourth-order valence-corrected chi connectivity index (χ4v) is 1.72. The number of pyridine rings is 1. The molecule has 0 spiro atoms. The first-order valence-corrected chi connectivity index (χ1v) is 5.85. The van der Waals surface area contributed by atoms with Crippen molar-refractivity contribution in [2.45, 2.75) is 13.0 Å². The van der Waals surface area contributed by atoms with Crippen molar-refractivity contribution in [2.24, 2.45) is 12.8 Å². The third kappa shape index (κ3) is 2.62. The molecule has 2 heterocycles. The summed E-state index contributed by atoms with van der Waals surface area (Å²) < 4.78 is 1.86. The quantitative estimate of drug-likeness (QED) is 0.801. The highest BCUT2D eigenvalue weighted by Crippen LogP contribution is 2.15. The minimum atomic E-state index is 0.0145. The van der Waals surface area contributed by atoms with Crippen molar-refractivity contribution in [1.29, 1.82) is 0 Å². The monoisotopic (exact) mass is 262 g/mol. The van der Waals surface area contributed by atoms with Crippen LogP contribution < -0.4 is 11.1 Å². The molecule has 7 heteroatoms. The van der Waals surface area contributed by atoms with Gasteiger partial charge in [0.25, 0.3) is 0 Å². The van der Waals surface area contributed by atoms with E-state index in [1.54, 1.807) is 12.5 Å². The lowest BCUT2D eigenvalue weighted by Gasteiger charge is -2.13. The van der Waals surface area contributed by atoms with E-state index in [0.717, 1.165) is 17.2 Å². The summed E-state index contributed by atoms with van der Waals surface area (Å²) in [6.45, 7) is 1.99. The average molecular weight is 262 g/mol. The molecule has 0 saturated carbocycles. The van der Waals surface area contributed by atoms with Gasteiger partial charge in [0.2, 0.25) is 0 Å². The van der Waals surface area contributed by atoms with Crippen molar-refractivity contribution in [3.8, 4) is 0 Å². The summed E-state index contributed by atoms with van der Waals surface area (Å²) in [5.41, 5.74) is 6.26. The predicted molar refractivity (Wildman–Crippen MR) is 73.2 cm³/mol. The molecule has 1 unspecified atom stereocenters. The van der Waals surface area contributed by atoms with Crippen LogP contribution in [-0.2, 0) is 7.05 Å². The predicted octanol–water partition coefficient (Wildman–Crippen LogP) is 1.02. The Hall–Kier alpha value is -2.02. The van der Waals surface area contributed by atoms with Crippen LogP contribution in [0.2, 0.25) is 0 Å². The van der Waals surface area contributed by atoms with Crippen molar-refractivity contribution in [3.05, 3.63) is 36.0 Å². The number of nitrogens with zero attached hydrogens (tertiary/aromatic N) is 4. The molecule has 0 aromatic carbocycles. The molecule has 0 saturated heterocycles. The summed E-state index contributed by atoms with van der Waals surface area (Å²) >= 11 is 4.87. The number of thiocarbonyl (C=S) groups is 1. The molecule has 18 heavy (non-hydrogen) atoms. The van der Waals surface area contributed by atoms with Crippen LogP contribution in [0.1, 0.15) is 24.4 Å². The van der Waals surface area contributed by atoms with E-state index in [1.165, 1.54) is 0 Å². The molecule has 2 aromatic heterocycles. The van der Waals surface area contributed by atoms with Gasteiger partial charge in [-0.15, -0.1) is 10.2 Å². The maximum absolute atomic E-state index is 5.51. The van der Waals surface area contributed by atoms with E-state index in [1.807, 2.05) is 30.7 Å². The van der Waals surface area contributed by atoms with E-state index in [-0.39, 0.29) is 6.04 Å². The van der Waals surface area contributed by atoms with Crippen LogP contribution in [0, 0.1) is 0 Å². The minimum Gasteiger partial charge on any atom is -0.389 e. The van der Waals surface area contributed by atoms with Crippen LogP contribution >= 0.6 is 12.2 Å². The van der Waals surface area contributed by atoms with Crippen molar-refractivity contribution in [1.82, 2.24) is 19.7 Å². The van der Waals surface area contributed by atoms with Gasteiger partial charge < -0.3 is 15.6 Å². The second kappa shape index (κ2) is 5.09. The van der Waals surface area contributed by atoms with E-state index < -0.39 is 0 Å². The first-order chi connectivity index (χ1) is 8.58. The van der Waals surface area contributed by atoms with Gasteiger partial charge in [-0.05, 0) is 19.1 Å². The van der Waals surface area contributed by atoms with Crippen molar-refractivity contribution in [3.63, 3.8) is 0 Å². The lowest BCUT2D eigenvalue weighted by atomic mass is 10.2. The molecule has 0 aliphatic carbocycles. The molecular formula is C11H14N6S. The lowest BCUT2D eigenvalue weighted by Crippen LogP contribution is -2.14. The number of nitrogens with one attached hydrogen (secondary N) is 1. The fraction of sp³-hybridized carbons (Fsp3) is 0.273. The lowest BCUT2D eigenvalue weighted by molar-refractivity contribution is 0.716. The van der Waals surface area contributed by atoms with E-state index in [9.17, 15) is 0 Å². The van der Waals surface area contributed by atoms with E-state index in [0.29, 0.717) is 4.99 Å². The van der Waals surface area contributed by atoms with E-state index >= 15 is 0 Å². The van der Waals surface area contributed by atoms with Gasteiger partial charge in [0, 0.05) is 18.8 Å². The molecule has 0 aliphatic heterocycles. The molecule has 3 N–H and O–H groups in total. The van der Waals surface area contributed by atoms with Gasteiger partial charge >= 0.3 is 0 Å². The molecule has 1 atom stereocenters. The highest BCUT2D eigenvalue weighted by atomic mass is 32.1. The number of aromatic nitrogens is 4. The largest absolute Gasteiger partial charge is 0.389 e. The molecule has 2 rings (SSSR count). The van der Waals surface area contributed by atoms with Crippen molar-refractivity contribution < 1.29 is 0 Å². The Balaban J connectivity index is 2.10. The summed E-state index contributed by atoms with van der Waals surface area (Å²) in [6.07, 6.45) is 3.31. The highest BCUT2D eigenvalue weighted by molar-refractivity contribution is 7.80. The van der Waals surface area contributed by atoms with Crippen molar-refractivity contribution in [2.75, 3.05) is 5.32 Å². The van der Waals surface area contributed by atoms with E-state index in [4.69, 9.17) is 18.0 Å². The molecule has 0 aliphatic rings. The summed E-state index contributed by atoms with van der Waals surface area (Å²) in [5.74, 6) is 1.58. The molecule has 0 bridgehead atoms. The summed E-state index contributed by atoms with van der Waals surface area (Å²) in [6, 6.07) is 3.68. The van der Waals surface area contributed by atoms with E-state index in [2.05, 4.69) is 20.5 Å². The number of hydrogen-bond acceptors (Lipinski definition) is 5. The fourth-order valence-electron chi connectivity index (χ4n) is 1.60. The number of rotatable bonds is 4. The zero-order valence-electron chi connectivity index (χ0n) is 10.2. The minimum absolute atomic E-state index is 0.0145. The molecule has 0 fully saturated rings. The zero-order valence-corrected chi connectivity index (χ0v) is 11.0. The highest BCUT2D eigenvalue weighted by Gasteiger charge is 2.11. The number of anilines is 1. The maximum Gasteiger partial charge on any atom is 0.154 e. The molecule has 6 nitrogen and oxygen atoms in total. The first-order valence-electron chi connectivity index (χ1n) is 5.44. The van der Waals surface area contributed by atoms with Crippen LogP contribution in [0.4, 0.5) is 5.82 Å². The van der Waals surface area contributed by atoms with Gasteiger partial charge in [-0.2, -0.15) is 0 Å². The molecule has 0 amide bonds. The van der Waals surface area contributed by atoms with Crippen LogP contribution in [0.3, 0.4) is 0 Å². The number of aryl methyl sites for hydroxylation is 1. The maximum atomic E-state index is 5.51. The third-order valence-electron chi connectivity index (χ3n) is 2.55. The summed E-state index contributed by atoms with van der Waals surface area (Å²) in [5, 5.41) is 11.1. The summed E-state index contributed by atoms with van der Waals surface area (Å²) in [4.78, 5) is 4.59. The molecular weight excluding hydrogens is 248 g/mol. The van der Waals surface area contributed by atoms with Gasteiger partial charge in [0.1, 0.15) is 17.1 Å². The normalized spacial score (nSPS) is 12.1. The molecule has 2 aromatic rings. The average Bonchev–Trinajstić information content (AvgIpc) is 2.76. The Bertz CT molecular complexity index is 547. The Kier molecular flexibility index (Phi) is 3.52. The standard InChI is InChI=1S/C11H14N6S/c1-7(11-16-14-6-17(11)2)15-9-4-3-8(5-13-9)10(12)18/h3-7H,1-2H3,(H2,12,18)(H,13,15). The Morgan fingerprint density at radius 1 is 1.50 bits per heavy atom. The zero-order chi connectivity index (χ0) is 13.1. The Morgan fingerprint density at radius 3 is 2.78 bits per heavy atom. The van der Waals surface area contributed by atoms with Gasteiger partial charge in [-0.1, -0.05) is 12.2 Å². The Morgan fingerprint density at radius 2 is 2.28 bits per heavy atom. The van der Waals surface area contributed by atoms with Crippen molar-refractivity contribution >= 4 is 23.0 Å². The summed E-state index contributed by atoms with van der Waals surface area (Å²) in [7, 11) is 1.90. The second-order valence-electron chi connectivity index (χ2n) is 3.96. The van der Waals surface area contributed by atoms with Crippen LogP contribution in [-0.4, -0.2) is 24.7 Å². The van der Waals surface area contributed by atoms with Crippen LogP contribution in [0.5, 0.6) is 0 Å². The number of hydrogen-bond donors (Lipinski definition) is 2. The van der Waals surface area contributed by atoms with Gasteiger partial charge in [-0.25, -0.2) is 4.98 Å². The SMILES string of the molecule is CC(Nc1ccc(C(N)=S)cn1)c1nncn1C. The Labute approximate surface area is 110 Å². The molecule has 94 valence electrons. The van der Waals surface area contributed by atoms with Gasteiger partial charge in [0.05, 0.1) is 6.04 Å². The van der Waals surface area contributed by atoms with Crippen LogP contribution in [0.25, 0.3) is 0 Å². The number of nitrogens with two attached hydrogens (primary N) is 1. The van der Waals surface area contributed by atoms with Crippen LogP contribution in [0.15, 0.2) is 24.7 Å². The second-order valence-corrected chi connectivity index (χ2v) is 4.40. The topological polar surface area (TPSA) is 81.7 Å². The van der Waals surface area contributed by atoms with Gasteiger partial charge in [-0.3, -0.25) is 0 Å².